The van der Waals surface area contributed by atoms with E-state index < -0.39 is 0 Å². The van der Waals surface area contributed by atoms with Gasteiger partial charge in [0, 0.05) is 69.8 Å². The third-order valence-electron chi connectivity index (χ3n) is 4.98. The van der Waals surface area contributed by atoms with E-state index in [1.807, 2.05) is 31.9 Å². The summed E-state index contributed by atoms with van der Waals surface area (Å²) in [7, 11) is 1.85. The molecule has 1 unspecified atom stereocenters. The van der Waals surface area contributed by atoms with Gasteiger partial charge in [0.2, 0.25) is 5.91 Å². The molecule has 7 heteroatoms. The van der Waals surface area contributed by atoms with Crippen LogP contribution < -0.4 is 5.32 Å². The smallest absolute Gasteiger partial charge is 0.317 e. The van der Waals surface area contributed by atoms with Gasteiger partial charge in [0.25, 0.3) is 0 Å². The zero-order chi connectivity index (χ0) is 18.0. The molecule has 1 atom stereocenters. The standard InChI is InChI=1S/C18H28N4O3/c1-14(2)19-17(24)22-6-5-21(9-15-4-7-25-10-15)12-18(13-22)8-16(23)20(3)11-18/h4,7,10,14H,5-6,8-9,11-13H2,1-3H3,(H,19,24). The van der Waals surface area contributed by atoms with Crippen LogP contribution in [0, 0.1) is 5.41 Å². The molecule has 3 amide bonds. The van der Waals surface area contributed by atoms with Crippen LogP contribution in [0.1, 0.15) is 25.8 Å². The lowest BCUT2D eigenvalue weighted by Crippen LogP contribution is -2.48. The molecular formula is C18H28N4O3. The summed E-state index contributed by atoms with van der Waals surface area (Å²) in [6, 6.07) is 2.02. The van der Waals surface area contributed by atoms with Crippen LogP contribution in [0.15, 0.2) is 23.0 Å². The second kappa shape index (κ2) is 7.07. The van der Waals surface area contributed by atoms with Gasteiger partial charge in [-0.15, -0.1) is 0 Å². The van der Waals surface area contributed by atoms with E-state index in [0.29, 0.717) is 26.1 Å². The molecule has 0 bridgehead atoms. The predicted molar refractivity (Wildman–Crippen MR) is 93.9 cm³/mol. The molecule has 25 heavy (non-hydrogen) atoms. The average Bonchev–Trinajstić information content (AvgIpc) is 3.06. The van der Waals surface area contributed by atoms with Gasteiger partial charge < -0.3 is 19.5 Å². The highest BCUT2D eigenvalue weighted by atomic mass is 16.3. The van der Waals surface area contributed by atoms with E-state index in [4.69, 9.17) is 4.42 Å². The lowest BCUT2D eigenvalue weighted by molar-refractivity contribution is -0.126. The number of nitrogens with zero attached hydrogens (tertiary/aromatic N) is 3. The first kappa shape index (κ1) is 17.8. The van der Waals surface area contributed by atoms with E-state index in [9.17, 15) is 9.59 Å². The second-order valence-corrected chi connectivity index (χ2v) is 7.79. The van der Waals surface area contributed by atoms with Crippen molar-refractivity contribution >= 4 is 11.9 Å². The number of hydrogen-bond acceptors (Lipinski definition) is 4. The number of hydrogen-bond donors (Lipinski definition) is 1. The minimum atomic E-state index is -0.208. The highest BCUT2D eigenvalue weighted by Gasteiger charge is 2.46. The van der Waals surface area contributed by atoms with Crippen LogP contribution in [0.2, 0.25) is 0 Å². The molecule has 2 aliphatic heterocycles. The maximum atomic E-state index is 12.6. The summed E-state index contributed by atoms with van der Waals surface area (Å²) in [4.78, 5) is 30.8. The van der Waals surface area contributed by atoms with Crippen molar-refractivity contribution in [3.63, 3.8) is 0 Å². The predicted octanol–water partition coefficient (Wildman–Crippen LogP) is 1.36. The van der Waals surface area contributed by atoms with Gasteiger partial charge in [-0.2, -0.15) is 0 Å². The summed E-state index contributed by atoms with van der Waals surface area (Å²) in [6.45, 7) is 8.26. The molecule has 3 heterocycles. The highest BCUT2D eigenvalue weighted by Crippen LogP contribution is 2.34. The number of carbonyl (C=O) groups is 2. The van der Waals surface area contributed by atoms with Crippen molar-refractivity contribution in [2.24, 2.45) is 5.41 Å². The zero-order valence-corrected chi connectivity index (χ0v) is 15.3. The quantitative estimate of drug-likeness (QED) is 0.896. The van der Waals surface area contributed by atoms with Crippen molar-refractivity contribution in [2.75, 3.05) is 39.8 Å². The molecular weight excluding hydrogens is 320 g/mol. The summed E-state index contributed by atoms with van der Waals surface area (Å²) in [6.07, 6.45) is 3.93. The van der Waals surface area contributed by atoms with Gasteiger partial charge >= 0.3 is 6.03 Å². The van der Waals surface area contributed by atoms with Gasteiger partial charge in [0.1, 0.15) is 0 Å². The molecule has 1 aromatic rings. The Labute approximate surface area is 148 Å². The molecule has 1 aromatic heterocycles. The summed E-state index contributed by atoms with van der Waals surface area (Å²) >= 11 is 0. The molecule has 7 nitrogen and oxygen atoms in total. The van der Waals surface area contributed by atoms with Crippen LogP contribution in [0.25, 0.3) is 0 Å². The van der Waals surface area contributed by atoms with Gasteiger partial charge in [0.15, 0.2) is 0 Å². The third-order valence-corrected chi connectivity index (χ3v) is 4.98. The minimum absolute atomic E-state index is 0.0402. The van der Waals surface area contributed by atoms with Gasteiger partial charge in [-0.1, -0.05) is 0 Å². The number of likely N-dealkylation sites (tertiary alicyclic amines) is 1. The van der Waals surface area contributed by atoms with Crippen molar-refractivity contribution in [1.29, 1.82) is 0 Å². The molecule has 0 aliphatic carbocycles. The zero-order valence-electron chi connectivity index (χ0n) is 15.3. The first-order valence-corrected chi connectivity index (χ1v) is 8.90. The van der Waals surface area contributed by atoms with E-state index in [-0.39, 0.29) is 23.4 Å². The minimum Gasteiger partial charge on any atom is -0.472 e. The largest absolute Gasteiger partial charge is 0.472 e. The first-order chi connectivity index (χ1) is 11.9. The molecule has 0 radical (unpaired) electrons. The topological polar surface area (TPSA) is 69.0 Å². The fourth-order valence-corrected chi connectivity index (χ4v) is 3.95. The summed E-state index contributed by atoms with van der Waals surface area (Å²) < 4.78 is 5.18. The Hall–Kier alpha value is -2.02. The van der Waals surface area contributed by atoms with Crippen molar-refractivity contribution in [2.45, 2.75) is 32.9 Å². The van der Waals surface area contributed by atoms with Crippen molar-refractivity contribution in [1.82, 2.24) is 20.0 Å². The lowest BCUT2D eigenvalue weighted by Gasteiger charge is -2.33. The highest BCUT2D eigenvalue weighted by molar-refractivity contribution is 5.80. The lowest BCUT2D eigenvalue weighted by atomic mass is 9.86. The van der Waals surface area contributed by atoms with Gasteiger partial charge in [-0.05, 0) is 19.9 Å². The molecule has 1 spiro atoms. The molecule has 138 valence electrons. The van der Waals surface area contributed by atoms with E-state index in [0.717, 1.165) is 25.2 Å². The van der Waals surface area contributed by atoms with Gasteiger partial charge in [-0.3, -0.25) is 9.69 Å². The first-order valence-electron chi connectivity index (χ1n) is 8.90. The Morgan fingerprint density at radius 3 is 2.72 bits per heavy atom. The number of rotatable bonds is 3. The van der Waals surface area contributed by atoms with Crippen LogP contribution >= 0.6 is 0 Å². The number of urea groups is 1. The van der Waals surface area contributed by atoms with Crippen molar-refractivity contribution in [3.8, 4) is 0 Å². The van der Waals surface area contributed by atoms with E-state index >= 15 is 0 Å². The maximum absolute atomic E-state index is 12.6. The molecule has 0 saturated carbocycles. The van der Waals surface area contributed by atoms with Crippen molar-refractivity contribution < 1.29 is 14.0 Å². The Balaban J connectivity index is 1.78. The summed E-state index contributed by atoms with van der Waals surface area (Å²) in [5.74, 6) is 0.161. The normalized spacial score (nSPS) is 25.0. The molecule has 2 aliphatic rings. The van der Waals surface area contributed by atoms with Crippen LogP contribution in [0.5, 0.6) is 0 Å². The van der Waals surface area contributed by atoms with Crippen LogP contribution in [-0.2, 0) is 11.3 Å². The van der Waals surface area contributed by atoms with Crippen LogP contribution in [0.3, 0.4) is 0 Å². The fraction of sp³-hybridized carbons (Fsp3) is 0.667. The Bertz CT molecular complexity index is 616. The average molecular weight is 348 g/mol. The summed E-state index contributed by atoms with van der Waals surface area (Å²) in [5.41, 5.74) is 0.910. The number of amides is 3. The van der Waals surface area contributed by atoms with E-state index in [1.54, 1.807) is 17.4 Å². The van der Waals surface area contributed by atoms with Crippen molar-refractivity contribution in [3.05, 3.63) is 24.2 Å². The fourth-order valence-electron chi connectivity index (χ4n) is 3.95. The maximum Gasteiger partial charge on any atom is 0.317 e. The Morgan fingerprint density at radius 1 is 1.32 bits per heavy atom. The van der Waals surface area contributed by atoms with Crippen LogP contribution in [-0.4, -0.2) is 72.5 Å². The third kappa shape index (κ3) is 4.15. The van der Waals surface area contributed by atoms with E-state index in [1.165, 1.54) is 0 Å². The number of furan rings is 1. The number of nitrogens with one attached hydrogen (secondary N) is 1. The monoisotopic (exact) mass is 348 g/mol. The van der Waals surface area contributed by atoms with Gasteiger partial charge in [-0.25, -0.2) is 4.79 Å². The Morgan fingerprint density at radius 2 is 2.12 bits per heavy atom. The number of carbonyl (C=O) groups excluding carboxylic acids is 2. The molecule has 0 aromatic carbocycles. The molecule has 3 rings (SSSR count). The SMILES string of the molecule is CC(C)NC(=O)N1CCN(Cc2ccoc2)CC2(CC(=O)N(C)C2)C1. The molecule has 1 N–H and O–H groups in total. The molecule has 2 saturated heterocycles. The Kier molecular flexibility index (Phi) is 5.03. The van der Waals surface area contributed by atoms with E-state index in [2.05, 4.69) is 10.2 Å². The van der Waals surface area contributed by atoms with Crippen LogP contribution in [0.4, 0.5) is 4.79 Å². The molecule has 2 fully saturated rings. The van der Waals surface area contributed by atoms with Gasteiger partial charge in [0.05, 0.1) is 12.5 Å². The second-order valence-electron chi connectivity index (χ2n) is 7.79. The summed E-state index contributed by atoms with van der Waals surface area (Å²) in [5, 5.41) is 2.98.